The predicted molar refractivity (Wildman–Crippen MR) is 78.6 cm³/mol. The summed E-state index contributed by atoms with van der Waals surface area (Å²) in [4.78, 5) is 23.7. The van der Waals surface area contributed by atoms with Gasteiger partial charge in [0.05, 0.1) is 10.8 Å². The Labute approximate surface area is 126 Å². The molecule has 0 bridgehead atoms. The first kappa shape index (κ1) is 16.8. The molecule has 0 unspecified atom stereocenters. The SMILES string of the molecule is CC(C)(C)NC(=O)NC(=O)CSc1ccc(F)c(Cl)c1. The Morgan fingerprint density at radius 1 is 1.35 bits per heavy atom. The molecule has 7 heteroatoms. The van der Waals surface area contributed by atoms with E-state index in [1.54, 1.807) is 0 Å². The number of amides is 3. The summed E-state index contributed by atoms with van der Waals surface area (Å²) in [6.07, 6.45) is 0. The summed E-state index contributed by atoms with van der Waals surface area (Å²) in [5.41, 5.74) is -0.415. The second-order valence-electron chi connectivity index (χ2n) is 5.12. The van der Waals surface area contributed by atoms with E-state index in [0.717, 1.165) is 0 Å². The second kappa shape index (κ2) is 6.95. The lowest BCUT2D eigenvalue weighted by Gasteiger charge is -2.20. The monoisotopic (exact) mass is 318 g/mol. The van der Waals surface area contributed by atoms with Gasteiger partial charge in [0.1, 0.15) is 5.82 Å². The van der Waals surface area contributed by atoms with E-state index in [4.69, 9.17) is 11.6 Å². The van der Waals surface area contributed by atoms with E-state index in [2.05, 4.69) is 10.6 Å². The van der Waals surface area contributed by atoms with E-state index in [9.17, 15) is 14.0 Å². The van der Waals surface area contributed by atoms with Crippen molar-refractivity contribution in [2.75, 3.05) is 5.75 Å². The summed E-state index contributed by atoms with van der Waals surface area (Å²) in [7, 11) is 0. The molecule has 0 aromatic heterocycles. The molecule has 0 heterocycles. The van der Waals surface area contributed by atoms with Crippen LogP contribution in [0.2, 0.25) is 5.02 Å². The van der Waals surface area contributed by atoms with Gasteiger partial charge in [-0.15, -0.1) is 11.8 Å². The van der Waals surface area contributed by atoms with Crippen molar-refractivity contribution in [1.29, 1.82) is 0 Å². The van der Waals surface area contributed by atoms with Crippen LogP contribution in [-0.4, -0.2) is 23.2 Å². The molecule has 0 fully saturated rings. The van der Waals surface area contributed by atoms with Gasteiger partial charge < -0.3 is 5.32 Å². The van der Waals surface area contributed by atoms with E-state index in [-0.39, 0.29) is 10.8 Å². The van der Waals surface area contributed by atoms with Gasteiger partial charge in [0, 0.05) is 10.4 Å². The van der Waals surface area contributed by atoms with Gasteiger partial charge in [-0.25, -0.2) is 9.18 Å². The van der Waals surface area contributed by atoms with Crippen LogP contribution >= 0.6 is 23.4 Å². The van der Waals surface area contributed by atoms with Gasteiger partial charge >= 0.3 is 6.03 Å². The van der Waals surface area contributed by atoms with Crippen LogP contribution in [-0.2, 0) is 4.79 Å². The molecule has 0 aliphatic carbocycles. The minimum absolute atomic E-state index is 0.000818. The molecular formula is C13H16ClFN2O2S. The van der Waals surface area contributed by atoms with Gasteiger partial charge in [0.25, 0.3) is 0 Å². The number of hydrogen-bond donors (Lipinski definition) is 2. The number of halogens is 2. The van der Waals surface area contributed by atoms with Gasteiger partial charge in [-0.3, -0.25) is 10.1 Å². The summed E-state index contributed by atoms with van der Waals surface area (Å²) in [6, 6.07) is 3.65. The molecule has 4 nitrogen and oxygen atoms in total. The van der Waals surface area contributed by atoms with Crippen LogP contribution in [0, 0.1) is 5.82 Å². The maximum absolute atomic E-state index is 13.0. The normalized spacial score (nSPS) is 11.1. The second-order valence-corrected chi connectivity index (χ2v) is 6.57. The number of benzene rings is 1. The van der Waals surface area contributed by atoms with E-state index in [0.29, 0.717) is 4.90 Å². The third kappa shape index (κ3) is 6.25. The largest absolute Gasteiger partial charge is 0.333 e. The highest BCUT2D eigenvalue weighted by atomic mass is 35.5. The zero-order chi connectivity index (χ0) is 15.3. The summed E-state index contributed by atoms with van der Waals surface area (Å²) >= 11 is 6.80. The number of carbonyl (C=O) groups is 2. The van der Waals surface area contributed by atoms with Gasteiger partial charge in [-0.05, 0) is 39.0 Å². The van der Waals surface area contributed by atoms with Crippen molar-refractivity contribution in [1.82, 2.24) is 10.6 Å². The summed E-state index contributed by atoms with van der Waals surface area (Å²) in [5.74, 6) is -0.901. The van der Waals surface area contributed by atoms with Crippen LogP contribution in [0.1, 0.15) is 20.8 Å². The van der Waals surface area contributed by atoms with Crippen molar-refractivity contribution in [2.24, 2.45) is 0 Å². The summed E-state index contributed by atoms with van der Waals surface area (Å²) in [5, 5.41) is 4.83. The molecule has 1 aromatic carbocycles. The Hall–Kier alpha value is -1.27. The molecule has 0 spiro atoms. The van der Waals surface area contributed by atoms with Gasteiger partial charge in [0.15, 0.2) is 0 Å². The molecule has 110 valence electrons. The summed E-state index contributed by atoms with van der Waals surface area (Å²) < 4.78 is 13.0. The zero-order valence-electron chi connectivity index (χ0n) is 11.4. The lowest BCUT2D eigenvalue weighted by Crippen LogP contribution is -2.48. The van der Waals surface area contributed by atoms with Crippen LogP contribution in [0.15, 0.2) is 23.1 Å². The molecule has 0 saturated carbocycles. The Kier molecular flexibility index (Phi) is 5.83. The Balaban J connectivity index is 2.43. The van der Waals surface area contributed by atoms with Gasteiger partial charge in [-0.1, -0.05) is 11.6 Å². The van der Waals surface area contributed by atoms with E-state index < -0.39 is 23.3 Å². The van der Waals surface area contributed by atoms with Crippen LogP contribution in [0.25, 0.3) is 0 Å². The van der Waals surface area contributed by atoms with Crippen LogP contribution in [0.3, 0.4) is 0 Å². The van der Waals surface area contributed by atoms with Crippen molar-refractivity contribution < 1.29 is 14.0 Å². The molecule has 20 heavy (non-hydrogen) atoms. The van der Waals surface area contributed by atoms with Gasteiger partial charge in [0.2, 0.25) is 5.91 Å². The smallest absolute Gasteiger partial charge is 0.321 e. The topological polar surface area (TPSA) is 58.2 Å². The standard InChI is InChI=1S/C13H16ClFN2O2S/c1-13(2,3)17-12(19)16-11(18)7-20-8-4-5-10(15)9(14)6-8/h4-6H,7H2,1-3H3,(H2,16,17,18,19). The van der Waals surface area contributed by atoms with Crippen molar-refractivity contribution in [3.63, 3.8) is 0 Å². The molecule has 0 saturated heterocycles. The molecule has 1 rings (SSSR count). The fourth-order valence-corrected chi connectivity index (χ4v) is 2.23. The third-order valence-corrected chi connectivity index (χ3v) is 3.29. The van der Waals surface area contributed by atoms with E-state index in [1.807, 2.05) is 20.8 Å². The third-order valence-electron chi connectivity index (χ3n) is 2.00. The highest BCUT2D eigenvalue weighted by molar-refractivity contribution is 8.00. The molecule has 3 amide bonds. The average molecular weight is 319 g/mol. The Morgan fingerprint density at radius 2 is 2.00 bits per heavy atom. The van der Waals surface area contributed by atoms with Crippen molar-refractivity contribution in [3.05, 3.63) is 29.0 Å². The first-order valence-corrected chi connectivity index (χ1v) is 7.23. The maximum Gasteiger partial charge on any atom is 0.321 e. The highest BCUT2D eigenvalue weighted by Gasteiger charge is 2.15. The van der Waals surface area contributed by atoms with Crippen LogP contribution in [0.5, 0.6) is 0 Å². The quantitative estimate of drug-likeness (QED) is 0.841. The number of carbonyl (C=O) groups excluding carboxylic acids is 2. The van der Waals surface area contributed by atoms with Crippen molar-refractivity contribution >= 4 is 35.3 Å². The lowest BCUT2D eigenvalue weighted by molar-refractivity contribution is -0.117. The number of urea groups is 1. The molecule has 0 aliphatic rings. The van der Waals surface area contributed by atoms with E-state index >= 15 is 0 Å². The first-order valence-electron chi connectivity index (χ1n) is 5.87. The molecule has 0 atom stereocenters. The lowest BCUT2D eigenvalue weighted by atomic mass is 10.1. The number of thioether (sulfide) groups is 1. The number of rotatable bonds is 3. The number of imide groups is 1. The van der Waals surface area contributed by atoms with Crippen molar-refractivity contribution in [3.8, 4) is 0 Å². The van der Waals surface area contributed by atoms with E-state index in [1.165, 1.54) is 30.0 Å². The minimum atomic E-state index is -0.541. The number of nitrogens with one attached hydrogen (secondary N) is 2. The highest BCUT2D eigenvalue weighted by Crippen LogP contribution is 2.23. The fourth-order valence-electron chi connectivity index (χ4n) is 1.25. The molecule has 1 aromatic rings. The minimum Gasteiger partial charge on any atom is -0.333 e. The Bertz CT molecular complexity index is 518. The zero-order valence-corrected chi connectivity index (χ0v) is 13.0. The molecule has 0 radical (unpaired) electrons. The molecule has 0 aliphatic heterocycles. The number of hydrogen-bond acceptors (Lipinski definition) is 3. The van der Waals surface area contributed by atoms with Gasteiger partial charge in [-0.2, -0.15) is 0 Å². The predicted octanol–water partition coefficient (Wildman–Crippen LogP) is 3.20. The van der Waals surface area contributed by atoms with Crippen molar-refractivity contribution in [2.45, 2.75) is 31.2 Å². The first-order chi connectivity index (χ1) is 9.17. The van der Waals surface area contributed by atoms with Crippen LogP contribution in [0.4, 0.5) is 9.18 Å². The molecular weight excluding hydrogens is 303 g/mol. The fraction of sp³-hybridized carbons (Fsp3) is 0.385. The summed E-state index contributed by atoms with van der Waals surface area (Å²) in [6.45, 7) is 5.44. The van der Waals surface area contributed by atoms with Crippen LogP contribution < -0.4 is 10.6 Å². The maximum atomic E-state index is 13.0. The molecule has 2 N–H and O–H groups in total. The Morgan fingerprint density at radius 3 is 2.55 bits per heavy atom. The average Bonchev–Trinajstić information content (AvgIpc) is 2.28.